The number of aromatic nitrogens is 2. The van der Waals surface area contributed by atoms with Gasteiger partial charge in [0, 0.05) is 25.1 Å². The Labute approximate surface area is 136 Å². The fraction of sp³-hybridized carbons (Fsp3) is 0.500. The van der Waals surface area contributed by atoms with Crippen LogP contribution in [0.5, 0.6) is 0 Å². The quantitative estimate of drug-likeness (QED) is 0.915. The summed E-state index contributed by atoms with van der Waals surface area (Å²) in [7, 11) is 0. The smallest absolute Gasteiger partial charge is 0.227 e. The molecule has 1 aromatic heterocycles. The molecule has 0 saturated carbocycles. The lowest BCUT2D eigenvalue weighted by Crippen LogP contribution is -2.19. The Bertz CT molecular complexity index is 565. The third-order valence-electron chi connectivity index (χ3n) is 3.87. The molecule has 1 fully saturated rings. The molecule has 1 aliphatic rings. The van der Waals surface area contributed by atoms with Gasteiger partial charge in [0.15, 0.2) is 0 Å². The monoisotopic (exact) mass is 323 g/mol. The molecule has 0 amide bonds. The first kappa shape index (κ1) is 16.9. The molecule has 1 saturated heterocycles. The standard InChI is InChI=1S/C16H21N3O2.ClH/c17-11-12-4-6-13(7-5-12)16-18-15(21-19-16)9-8-14-3-1-2-10-20-14;/h4-7,14H,1-3,8-11,17H2;1H. The summed E-state index contributed by atoms with van der Waals surface area (Å²) >= 11 is 0. The van der Waals surface area contributed by atoms with Crippen LogP contribution in [0.15, 0.2) is 28.8 Å². The lowest BCUT2D eigenvalue weighted by Gasteiger charge is -2.21. The normalized spacial score (nSPS) is 18.0. The van der Waals surface area contributed by atoms with Gasteiger partial charge in [-0.15, -0.1) is 12.4 Å². The number of aryl methyl sites for hydroxylation is 1. The number of nitrogens with zero attached hydrogens (tertiary/aromatic N) is 2. The van der Waals surface area contributed by atoms with Gasteiger partial charge in [0.1, 0.15) is 0 Å². The topological polar surface area (TPSA) is 74.2 Å². The minimum atomic E-state index is 0. The largest absolute Gasteiger partial charge is 0.378 e. The Morgan fingerprint density at radius 2 is 2.00 bits per heavy atom. The highest BCUT2D eigenvalue weighted by Gasteiger charge is 2.16. The summed E-state index contributed by atoms with van der Waals surface area (Å²) in [6.07, 6.45) is 5.65. The van der Waals surface area contributed by atoms with E-state index in [1.807, 2.05) is 24.3 Å². The van der Waals surface area contributed by atoms with Gasteiger partial charge in [-0.1, -0.05) is 29.4 Å². The summed E-state index contributed by atoms with van der Waals surface area (Å²) < 4.78 is 11.0. The molecule has 120 valence electrons. The van der Waals surface area contributed by atoms with Crippen molar-refractivity contribution in [1.29, 1.82) is 0 Å². The van der Waals surface area contributed by atoms with Gasteiger partial charge in [0.25, 0.3) is 0 Å². The highest BCUT2D eigenvalue weighted by atomic mass is 35.5. The van der Waals surface area contributed by atoms with Gasteiger partial charge in [-0.2, -0.15) is 4.98 Å². The van der Waals surface area contributed by atoms with Crippen molar-refractivity contribution in [3.8, 4) is 11.4 Å². The second kappa shape index (κ2) is 8.27. The van der Waals surface area contributed by atoms with Crippen molar-refractivity contribution in [3.63, 3.8) is 0 Å². The lowest BCUT2D eigenvalue weighted by atomic mass is 10.0. The summed E-state index contributed by atoms with van der Waals surface area (Å²) in [5, 5.41) is 4.05. The van der Waals surface area contributed by atoms with Gasteiger partial charge >= 0.3 is 0 Å². The maximum Gasteiger partial charge on any atom is 0.227 e. The van der Waals surface area contributed by atoms with Gasteiger partial charge in [0.2, 0.25) is 11.7 Å². The molecule has 0 aliphatic carbocycles. The van der Waals surface area contributed by atoms with Crippen molar-refractivity contribution in [3.05, 3.63) is 35.7 Å². The molecule has 5 nitrogen and oxygen atoms in total. The first-order chi connectivity index (χ1) is 10.3. The fourth-order valence-corrected chi connectivity index (χ4v) is 2.58. The molecule has 2 aromatic rings. The number of hydrogen-bond acceptors (Lipinski definition) is 5. The second-order valence-electron chi connectivity index (χ2n) is 5.44. The van der Waals surface area contributed by atoms with Crippen LogP contribution in [0.2, 0.25) is 0 Å². The first-order valence-electron chi connectivity index (χ1n) is 7.59. The molecular weight excluding hydrogens is 302 g/mol. The molecule has 2 N–H and O–H groups in total. The fourth-order valence-electron chi connectivity index (χ4n) is 2.58. The predicted octanol–water partition coefficient (Wildman–Crippen LogP) is 3.12. The number of rotatable bonds is 5. The summed E-state index contributed by atoms with van der Waals surface area (Å²) in [5.74, 6) is 1.32. The number of benzene rings is 1. The maximum atomic E-state index is 5.71. The Kier molecular flexibility index (Phi) is 6.36. The molecule has 1 aromatic carbocycles. The van der Waals surface area contributed by atoms with E-state index >= 15 is 0 Å². The summed E-state index contributed by atoms with van der Waals surface area (Å²) in [6.45, 7) is 1.42. The van der Waals surface area contributed by atoms with E-state index in [2.05, 4.69) is 10.1 Å². The van der Waals surface area contributed by atoms with Crippen LogP contribution < -0.4 is 5.73 Å². The zero-order valence-corrected chi connectivity index (χ0v) is 13.3. The molecule has 6 heteroatoms. The van der Waals surface area contributed by atoms with Gasteiger partial charge in [-0.3, -0.25) is 0 Å². The van der Waals surface area contributed by atoms with E-state index in [-0.39, 0.29) is 12.4 Å². The van der Waals surface area contributed by atoms with E-state index in [1.54, 1.807) is 0 Å². The van der Waals surface area contributed by atoms with Crippen molar-refractivity contribution in [2.45, 2.75) is 44.8 Å². The van der Waals surface area contributed by atoms with Crippen LogP contribution in [0.1, 0.15) is 37.1 Å². The molecule has 1 atom stereocenters. The third kappa shape index (κ3) is 4.29. The Hall–Kier alpha value is -1.43. The summed E-state index contributed by atoms with van der Waals surface area (Å²) in [6, 6.07) is 7.92. The maximum absolute atomic E-state index is 5.71. The van der Waals surface area contributed by atoms with Gasteiger partial charge in [-0.25, -0.2) is 0 Å². The highest BCUT2D eigenvalue weighted by molar-refractivity contribution is 5.85. The molecule has 2 heterocycles. The van der Waals surface area contributed by atoms with Crippen LogP contribution in [0.3, 0.4) is 0 Å². The molecular formula is C16H22ClN3O2. The SMILES string of the molecule is Cl.NCc1ccc(-c2noc(CCC3CCCCO3)n2)cc1. The van der Waals surface area contributed by atoms with Crippen LogP contribution in [0.25, 0.3) is 11.4 Å². The van der Waals surface area contributed by atoms with Crippen LogP contribution in [-0.4, -0.2) is 22.9 Å². The molecule has 0 radical (unpaired) electrons. The van der Waals surface area contributed by atoms with Crippen LogP contribution in [0.4, 0.5) is 0 Å². The van der Waals surface area contributed by atoms with E-state index in [0.29, 0.717) is 24.4 Å². The average molecular weight is 324 g/mol. The Balaban J connectivity index is 0.00000176. The number of nitrogens with two attached hydrogens (primary N) is 1. The van der Waals surface area contributed by atoms with Crippen LogP contribution in [0, 0.1) is 0 Å². The Morgan fingerprint density at radius 3 is 2.68 bits per heavy atom. The van der Waals surface area contributed by atoms with Crippen molar-refractivity contribution >= 4 is 12.4 Å². The number of halogens is 1. The highest BCUT2D eigenvalue weighted by Crippen LogP contribution is 2.20. The minimum absolute atomic E-state index is 0. The third-order valence-corrected chi connectivity index (χ3v) is 3.87. The molecule has 3 rings (SSSR count). The average Bonchev–Trinajstić information content (AvgIpc) is 3.03. The van der Waals surface area contributed by atoms with Crippen molar-refractivity contribution < 1.29 is 9.26 Å². The van der Waals surface area contributed by atoms with Gasteiger partial charge < -0.3 is 15.0 Å². The number of hydrogen-bond donors (Lipinski definition) is 1. The van der Waals surface area contributed by atoms with Crippen LogP contribution in [-0.2, 0) is 17.7 Å². The Morgan fingerprint density at radius 1 is 1.18 bits per heavy atom. The van der Waals surface area contributed by atoms with Gasteiger partial charge in [-0.05, 0) is 31.2 Å². The van der Waals surface area contributed by atoms with Gasteiger partial charge in [0.05, 0.1) is 6.10 Å². The van der Waals surface area contributed by atoms with E-state index in [0.717, 1.165) is 37.0 Å². The first-order valence-corrected chi connectivity index (χ1v) is 7.59. The van der Waals surface area contributed by atoms with Crippen molar-refractivity contribution in [1.82, 2.24) is 10.1 Å². The lowest BCUT2D eigenvalue weighted by molar-refractivity contribution is 0.0104. The molecule has 0 bridgehead atoms. The molecule has 1 aliphatic heterocycles. The molecule has 1 unspecified atom stereocenters. The summed E-state index contributed by atoms with van der Waals surface area (Å²) in [4.78, 5) is 4.46. The zero-order chi connectivity index (χ0) is 14.5. The minimum Gasteiger partial charge on any atom is -0.378 e. The second-order valence-corrected chi connectivity index (χ2v) is 5.44. The van der Waals surface area contributed by atoms with Crippen molar-refractivity contribution in [2.24, 2.45) is 5.73 Å². The summed E-state index contributed by atoms with van der Waals surface area (Å²) in [5.41, 5.74) is 7.64. The molecule has 0 spiro atoms. The van der Waals surface area contributed by atoms with E-state index < -0.39 is 0 Å². The van der Waals surface area contributed by atoms with E-state index in [4.69, 9.17) is 15.0 Å². The zero-order valence-electron chi connectivity index (χ0n) is 12.5. The predicted molar refractivity (Wildman–Crippen MR) is 86.8 cm³/mol. The van der Waals surface area contributed by atoms with Crippen molar-refractivity contribution in [2.75, 3.05) is 6.61 Å². The van der Waals surface area contributed by atoms with E-state index in [9.17, 15) is 0 Å². The van der Waals surface area contributed by atoms with E-state index in [1.165, 1.54) is 12.8 Å². The number of ether oxygens (including phenoxy) is 1. The van der Waals surface area contributed by atoms with Crippen LogP contribution >= 0.6 is 12.4 Å². The molecule has 22 heavy (non-hydrogen) atoms.